The molecular weight excluding hydrogens is 249 g/mol. The van der Waals surface area contributed by atoms with E-state index in [1.807, 2.05) is 6.07 Å². The molecule has 0 heterocycles. The van der Waals surface area contributed by atoms with Gasteiger partial charge in [0.05, 0.1) is 13.2 Å². The van der Waals surface area contributed by atoms with Crippen LogP contribution >= 0.6 is 23.2 Å². The zero-order chi connectivity index (χ0) is 12.0. The molecule has 0 spiro atoms. The lowest BCUT2D eigenvalue weighted by molar-refractivity contribution is -0.142. The fourth-order valence-corrected chi connectivity index (χ4v) is 1.65. The second-order valence-corrected chi connectivity index (χ2v) is 3.99. The first-order valence-electron chi connectivity index (χ1n) is 4.93. The SMILES string of the molecule is CCOC(=O)CNCc1ccc(Cl)cc1Cl. The number of hydrogen-bond donors (Lipinski definition) is 1. The Morgan fingerprint density at radius 2 is 2.19 bits per heavy atom. The molecular formula is C11H13Cl2NO2. The van der Waals surface area contributed by atoms with Crippen molar-refractivity contribution >= 4 is 29.2 Å². The average molecular weight is 262 g/mol. The zero-order valence-electron chi connectivity index (χ0n) is 8.93. The van der Waals surface area contributed by atoms with Gasteiger partial charge in [-0.3, -0.25) is 4.79 Å². The highest BCUT2D eigenvalue weighted by Gasteiger charge is 2.03. The Morgan fingerprint density at radius 3 is 2.81 bits per heavy atom. The molecule has 0 amide bonds. The highest BCUT2D eigenvalue weighted by atomic mass is 35.5. The van der Waals surface area contributed by atoms with Gasteiger partial charge >= 0.3 is 5.97 Å². The Balaban J connectivity index is 2.40. The van der Waals surface area contributed by atoms with Crippen LogP contribution in [0.3, 0.4) is 0 Å². The largest absolute Gasteiger partial charge is 0.465 e. The third-order valence-corrected chi connectivity index (χ3v) is 2.49. The summed E-state index contributed by atoms with van der Waals surface area (Å²) in [5.74, 6) is -0.271. The van der Waals surface area contributed by atoms with Crippen LogP contribution in [-0.2, 0) is 16.1 Å². The van der Waals surface area contributed by atoms with E-state index in [-0.39, 0.29) is 12.5 Å². The number of carbonyl (C=O) groups excluding carboxylic acids is 1. The monoisotopic (exact) mass is 261 g/mol. The molecule has 3 nitrogen and oxygen atoms in total. The first-order valence-corrected chi connectivity index (χ1v) is 5.69. The lowest BCUT2D eigenvalue weighted by Crippen LogP contribution is -2.24. The van der Waals surface area contributed by atoms with Gasteiger partial charge in [0.25, 0.3) is 0 Å². The normalized spacial score (nSPS) is 10.2. The van der Waals surface area contributed by atoms with E-state index in [0.717, 1.165) is 5.56 Å². The van der Waals surface area contributed by atoms with E-state index in [2.05, 4.69) is 5.32 Å². The van der Waals surface area contributed by atoms with E-state index in [4.69, 9.17) is 27.9 Å². The van der Waals surface area contributed by atoms with Crippen molar-refractivity contribution in [3.05, 3.63) is 33.8 Å². The van der Waals surface area contributed by atoms with E-state index >= 15 is 0 Å². The number of halogens is 2. The van der Waals surface area contributed by atoms with E-state index in [9.17, 15) is 4.79 Å². The Labute approximate surface area is 105 Å². The Hall–Kier alpha value is -0.770. The van der Waals surface area contributed by atoms with Crippen molar-refractivity contribution < 1.29 is 9.53 Å². The smallest absolute Gasteiger partial charge is 0.319 e. The highest BCUT2D eigenvalue weighted by Crippen LogP contribution is 2.20. The van der Waals surface area contributed by atoms with E-state index < -0.39 is 0 Å². The third-order valence-electron chi connectivity index (χ3n) is 1.91. The van der Waals surface area contributed by atoms with Crippen molar-refractivity contribution in [3.63, 3.8) is 0 Å². The van der Waals surface area contributed by atoms with Crippen molar-refractivity contribution in [2.75, 3.05) is 13.2 Å². The van der Waals surface area contributed by atoms with E-state index in [0.29, 0.717) is 23.2 Å². The van der Waals surface area contributed by atoms with Crippen LogP contribution < -0.4 is 5.32 Å². The predicted molar refractivity (Wildman–Crippen MR) is 64.8 cm³/mol. The van der Waals surface area contributed by atoms with Crippen LogP contribution in [0.2, 0.25) is 10.0 Å². The van der Waals surface area contributed by atoms with Gasteiger partial charge in [-0.2, -0.15) is 0 Å². The second-order valence-electron chi connectivity index (χ2n) is 3.14. The number of ether oxygens (including phenoxy) is 1. The number of benzene rings is 1. The van der Waals surface area contributed by atoms with Gasteiger partial charge in [0.1, 0.15) is 0 Å². The molecule has 5 heteroatoms. The summed E-state index contributed by atoms with van der Waals surface area (Å²) < 4.78 is 4.77. The molecule has 0 aliphatic carbocycles. The Morgan fingerprint density at radius 1 is 1.44 bits per heavy atom. The van der Waals surface area contributed by atoms with Crippen LogP contribution in [-0.4, -0.2) is 19.1 Å². The van der Waals surface area contributed by atoms with Gasteiger partial charge in [0.2, 0.25) is 0 Å². The van der Waals surface area contributed by atoms with Crippen LogP contribution in [0.25, 0.3) is 0 Å². The maximum absolute atomic E-state index is 11.0. The van der Waals surface area contributed by atoms with Gasteiger partial charge in [-0.15, -0.1) is 0 Å². The van der Waals surface area contributed by atoms with Crippen LogP contribution in [0.1, 0.15) is 12.5 Å². The summed E-state index contributed by atoms with van der Waals surface area (Å²) >= 11 is 11.7. The standard InChI is InChI=1S/C11H13Cl2NO2/c1-2-16-11(15)7-14-6-8-3-4-9(12)5-10(8)13/h3-5,14H,2,6-7H2,1H3. The molecule has 0 radical (unpaired) electrons. The number of rotatable bonds is 5. The number of carbonyl (C=O) groups is 1. The van der Waals surface area contributed by atoms with Gasteiger partial charge in [-0.05, 0) is 24.6 Å². The molecule has 88 valence electrons. The molecule has 0 saturated heterocycles. The van der Waals surface area contributed by atoms with E-state index in [1.54, 1.807) is 19.1 Å². The van der Waals surface area contributed by atoms with Crippen molar-refractivity contribution in [1.29, 1.82) is 0 Å². The highest BCUT2D eigenvalue weighted by molar-refractivity contribution is 6.35. The molecule has 0 aliphatic heterocycles. The molecule has 0 aliphatic rings. The quantitative estimate of drug-likeness (QED) is 0.829. The molecule has 0 atom stereocenters. The lowest BCUT2D eigenvalue weighted by Gasteiger charge is -2.06. The molecule has 16 heavy (non-hydrogen) atoms. The van der Waals surface area contributed by atoms with Crippen LogP contribution in [0.4, 0.5) is 0 Å². The molecule has 1 aromatic rings. The summed E-state index contributed by atoms with van der Waals surface area (Å²) in [4.78, 5) is 11.0. The number of nitrogens with one attached hydrogen (secondary N) is 1. The Kier molecular flexibility index (Phi) is 5.60. The molecule has 1 rings (SSSR count). The minimum absolute atomic E-state index is 0.173. The summed E-state index contributed by atoms with van der Waals surface area (Å²) in [6.07, 6.45) is 0. The van der Waals surface area contributed by atoms with Crippen molar-refractivity contribution in [1.82, 2.24) is 5.32 Å². The third kappa shape index (κ3) is 4.39. The first-order chi connectivity index (χ1) is 7.63. The molecule has 1 N–H and O–H groups in total. The molecule has 0 aromatic heterocycles. The van der Waals surface area contributed by atoms with Gasteiger partial charge < -0.3 is 10.1 Å². The minimum Gasteiger partial charge on any atom is -0.465 e. The molecule has 1 aromatic carbocycles. The fourth-order valence-electron chi connectivity index (χ4n) is 1.18. The number of hydrogen-bond acceptors (Lipinski definition) is 3. The Bertz CT molecular complexity index is 369. The van der Waals surface area contributed by atoms with Gasteiger partial charge in [0.15, 0.2) is 0 Å². The number of esters is 1. The zero-order valence-corrected chi connectivity index (χ0v) is 10.4. The summed E-state index contributed by atoms with van der Waals surface area (Å²) in [5.41, 5.74) is 0.898. The maximum Gasteiger partial charge on any atom is 0.319 e. The van der Waals surface area contributed by atoms with Gasteiger partial charge in [0, 0.05) is 16.6 Å². The van der Waals surface area contributed by atoms with Crippen molar-refractivity contribution in [2.45, 2.75) is 13.5 Å². The van der Waals surface area contributed by atoms with Gasteiger partial charge in [-0.25, -0.2) is 0 Å². The molecule has 0 bridgehead atoms. The first kappa shape index (κ1) is 13.3. The predicted octanol–water partition coefficient (Wildman–Crippen LogP) is 2.65. The second kappa shape index (κ2) is 6.74. The molecule has 0 fully saturated rings. The van der Waals surface area contributed by atoms with Crippen molar-refractivity contribution in [3.8, 4) is 0 Å². The topological polar surface area (TPSA) is 38.3 Å². The van der Waals surface area contributed by atoms with Gasteiger partial charge in [-0.1, -0.05) is 29.3 Å². The van der Waals surface area contributed by atoms with Crippen LogP contribution in [0, 0.1) is 0 Å². The average Bonchev–Trinajstić information content (AvgIpc) is 2.22. The summed E-state index contributed by atoms with van der Waals surface area (Å²) in [6, 6.07) is 5.25. The maximum atomic E-state index is 11.0. The van der Waals surface area contributed by atoms with Crippen LogP contribution in [0.5, 0.6) is 0 Å². The van der Waals surface area contributed by atoms with Crippen LogP contribution in [0.15, 0.2) is 18.2 Å². The molecule has 0 unspecified atom stereocenters. The fraction of sp³-hybridized carbons (Fsp3) is 0.364. The van der Waals surface area contributed by atoms with Crippen molar-refractivity contribution in [2.24, 2.45) is 0 Å². The lowest BCUT2D eigenvalue weighted by atomic mass is 10.2. The summed E-state index contributed by atoms with van der Waals surface area (Å²) in [6.45, 7) is 2.85. The van der Waals surface area contributed by atoms with E-state index in [1.165, 1.54) is 0 Å². The summed E-state index contributed by atoms with van der Waals surface area (Å²) in [5, 5.41) is 4.13. The minimum atomic E-state index is -0.271. The molecule has 0 saturated carbocycles. The summed E-state index contributed by atoms with van der Waals surface area (Å²) in [7, 11) is 0.